The highest BCUT2D eigenvalue weighted by atomic mass is 16.5. The van der Waals surface area contributed by atoms with Gasteiger partial charge in [0, 0.05) is 12.8 Å². The number of allylic oxidation sites excluding steroid dienone is 2. The third-order valence-corrected chi connectivity index (χ3v) is 11.6. The Kier molecular flexibility index (Phi) is 45.1. The van der Waals surface area contributed by atoms with Gasteiger partial charge < -0.3 is 20.3 Å². The van der Waals surface area contributed by atoms with Gasteiger partial charge in [0.1, 0.15) is 0 Å². The number of hydrogen-bond donors (Lipinski definition) is 3. The molecular formula is C50H97NO5. The van der Waals surface area contributed by atoms with Crippen molar-refractivity contribution in [2.75, 3.05) is 13.2 Å². The van der Waals surface area contributed by atoms with Crippen LogP contribution in [0.3, 0.4) is 0 Å². The molecule has 0 aliphatic rings. The summed E-state index contributed by atoms with van der Waals surface area (Å²) in [5, 5.41) is 23.2. The van der Waals surface area contributed by atoms with E-state index >= 15 is 0 Å². The zero-order valence-electron chi connectivity index (χ0n) is 37.6. The van der Waals surface area contributed by atoms with Crippen molar-refractivity contribution in [1.29, 1.82) is 0 Å². The second kappa shape index (κ2) is 46.3. The predicted octanol–water partition coefficient (Wildman–Crippen LogP) is 14.6. The largest absolute Gasteiger partial charge is 0.466 e. The van der Waals surface area contributed by atoms with Crippen LogP contribution in [0.1, 0.15) is 271 Å². The number of carbonyl (C=O) groups is 2. The van der Waals surface area contributed by atoms with Crippen LogP contribution in [0, 0.1) is 0 Å². The first-order valence-corrected chi connectivity index (χ1v) is 24.9. The first-order valence-electron chi connectivity index (χ1n) is 24.9. The van der Waals surface area contributed by atoms with Crippen molar-refractivity contribution < 1.29 is 24.5 Å². The van der Waals surface area contributed by atoms with E-state index in [0.717, 1.165) is 77.0 Å². The number of unbranched alkanes of at least 4 members (excludes halogenated alkanes) is 33. The summed E-state index contributed by atoms with van der Waals surface area (Å²) in [6.07, 6.45) is 51.8. The van der Waals surface area contributed by atoms with Crippen molar-refractivity contribution in [3.8, 4) is 0 Å². The van der Waals surface area contributed by atoms with E-state index < -0.39 is 12.1 Å². The molecule has 0 saturated heterocycles. The van der Waals surface area contributed by atoms with Gasteiger partial charge in [-0.05, 0) is 51.4 Å². The highest BCUT2D eigenvalue weighted by Crippen LogP contribution is 2.16. The Hall–Kier alpha value is -1.40. The SMILES string of the molecule is CCCCCCCCCCCCCCCCCCCC(O)C(CO)NC(=O)CCCCCC/C=C\CCCCOC(=O)CCCCCCCCCCCCCC. The molecule has 0 radical (unpaired) electrons. The summed E-state index contributed by atoms with van der Waals surface area (Å²) in [6.45, 7) is 4.87. The molecule has 2 unspecified atom stereocenters. The van der Waals surface area contributed by atoms with Crippen LogP contribution in [0.5, 0.6) is 0 Å². The van der Waals surface area contributed by atoms with Crippen LogP contribution in [0.4, 0.5) is 0 Å². The average molecular weight is 792 g/mol. The Bertz CT molecular complexity index is 832. The van der Waals surface area contributed by atoms with Gasteiger partial charge in [-0.25, -0.2) is 0 Å². The minimum absolute atomic E-state index is 0.0354. The summed E-state index contributed by atoms with van der Waals surface area (Å²) < 4.78 is 5.42. The fraction of sp³-hybridized carbons (Fsp3) is 0.920. The highest BCUT2D eigenvalue weighted by molar-refractivity contribution is 5.76. The first-order chi connectivity index (χ1) is 27.5. The number of aliphatic hydroxyl groups is 2. The van der Waals surface area contributed by atoms with Crippen LogP contribution in [-0.2, 0) is 14.3 Å². The van der Waals surface area contributed by atoms with Crippen LogP contribution in [-0.4, -0.2) is 47.4 Å². The molecule has 6 heteroatoms. The summed E-state index contributed by atoms with van der Waals surface area (Å²) in [4.78, 5) is 24.4. The van der Waals surface area contributed by atoms with Gasteiger partial charge in [-0.1, -0.05) is 219 Å². The zero-order chi connectivity index (χ0) is 40.8. The maximum absolute atomic E-state index is 12.4. The molecule has 0 aromatic rings. The molecule has 3 N–H and O–H groups in total. The molecule has 0 aliphatic carbocycles. The van der Waals surface area contributed by atoms with Crippen molar-refractivity contribution in [3.63, 3.8) is 0 Å². The average Bonchev–Trinajstić information content (AvgIpc) is 3.20. The zero-order valence-corrected chi connectivity index (χ0v) is 37.6. The van der Waals surface area contributed by atoms with E-state index in [1.165, 1.54) is 161 Å². The first kappa shape index (κ1) is 54.6. The number of esters is 1. The summed E-state index contributed by atoms with van der Waals surface area (Å²) in [5.74, 6) is -0.104. The lowest BCUT2D eigenvalue weighted by atomic mass is 10.0. The van der Waals surface area contributed by atoms with E-state index in [-0.39, 0.29) is 18.5 Å². The molecule has 56 heavy (non-hydrogen) atoms. The Morgan fingerprint density at radius 1 is 0.482 bits per heavy atom. The number of nitrogens with one attached hydrogen (secondary N) is 1. The molecule has 6 nitrogen and oxygen atoms in total. The molecule has 332 valence electrons. The normalized spacial score (nSPS) is 12.7. The molecule has 0 fully saturated rings. The smallest absolute Gasteiger partial charge is 0.305 e. The Morgan fingerprint density at radius 2 is 0.839 bits per heavy atom. The quantitative estimate of drug-likeness (QED) is 0.0324. The molecule has 0 bridgehead atoms. The number of aliphatic hydroxyl groups excluding tert-OH is 2. The number of amides is 1. The Morgan fingerprint density at radius 3 is 1.27 bits per heavy atom. The maximum Gasteiger partial charge on any atom is 0.305 e. The van der Waals surface area contributed by atoms with Gasteiger partial charge in [0.25, 0.3) is 0 Å². The number of hydrogen-bond acceptors (Lipinski definition) is 5. The van der Waals surface area contributed by atoms with E-state index in [4.69, 9.17) is 4.74 Å². The second-order valence-electron chi connectivity index (χ2n) is 17.1. The molecule has 0 aliphatic heterocycles. The molecule has 0 rings (SSSR count). The third kappa shape index (κ3) is 42.2. The monoisotopic (exact) mass is 792 g/mol. The standard InChI is InChI=1S/C50H97NO5/c1-3-5-7-9-11-13-15-17-18-19-20-21-22-26-30-34-38-42-48(53)47(46-52)51-49(54)43-39-35-31-27-24-25-29-33-37-41-45-56-50(55)44-40-36-32-28-23-16-14-12-10-8-6-4-2/h25,29,47-48,52-53H,3-24,26-28,30-46H2,1-2H3,(H,51,54)/b29-25-. The van der Waals surface area contributed by atoms with Gasteiger partial charge in [-0.2, -0.15) is 0 Å². The van der Waals surface area contributed by atoms with Crippen molar-refractivity contribution in [1.82, 2.24) is 5.32 Å². The van der Waals surface area contributed by atoms with Gasteiger partial charge in [-0.15, -0.1) is 0 Å². The summed E-state index contributed by atoms with van der Waals surface area (Å²) >= 11 is 0. The molecule has 0 spiro atoms. The molecule has 0 aromatic heterocycles. The third-order valence-electron chi connectivity index (χ3n) is 11.6. The van der Waals surface area contributed by atoms with Crippen LogP contribution in [0.2, 0.25) is 0 Å². The minimum atomic E-state index is -0.684. The van der Waals surface area contributed by atoms with E-state index in [1.807, 2.05) is 0 Å². The number of ether oxygens (including phenoxy) is 1. The lowest BCUT2D eigenvalue weighted by molar-refractivity contribution is -0.143. The van der Waals surface area contributed by atoms with Gasteiger partial charge in [0.15, 0.2) is 0 Å². The second-order valence-corrected chi connectivity index (χ2v) is 17.1. The maximum atomic E-state index is 12.4. The summed E-state index contributed by atoms with van der Waals surface area (Å²) in [6, 6.07) is -0.565. The van der Waals surface area contributed by atoms with E-state index in [0.29, 0.717) is 25.9 Å². The Balaban J connectivity index is 3.53. The minimum Gasteiger partial charge on any atom is -0.466 e. The van der Waals surface area contributed by atoms with Crippen LogP contribution >= 0.6 is 0 Å². The van der Waals surface area contributed by atoms with E-state index in [9.17, 15) is 19.8 Å². The fourth-order valence-electron chi connectivity index (χ4n) is 7.69. The predicted molar refractivity (Wildman–Crippen MR) is 241 cm³/mol. The molecule has 1 amide bonds. The molecule has 0 heterocycles. The Labute approximate surface area is 349 Å². The van der Waals surface area contributed by atoms with Crippen molar-refractivity contribution >= 4 is 11.9 Å². The fourth-order valence-corrected chi connectivity index (χ4v) is 7.69. The highest BCUT2D eigenvalue weighted by Gasteiger charge is 2.20. The van der Waals surface area contributed by atoms with Gasteiger partial charge in [0.2, 0.25) is 5.91 Å². The van der Waals surface area contributed by atoms with Crippen molar-refractivity contribution in [2.24, 2.45) is 0 Å². The van der Waals surface area contributed by atoms with Gasteiger partial charge in [-0.3, -0.25) is 9.59 Å². The van der Waals surface area contributed by atoms with Gasteiger partial charge >= 0.3 is 5.97 Å². The topological polar surface area (TPSA) is 95.9 Å². The lowest BCUT2D eigenvalue weighted by Gasteiger charge is -2.22. The van der Waals surface area contributed by atoms with Crippen LogP contribution < -0.4 is 5.32 Å². The lowest BCUT2D eigenvalue weighted by Crippen LogP contribution is -2.45. The summed E-state index contributed by atoms with van der Waals surface area (Å²) in [5.41, 5.74) is 0. The molecular weight excluding hydrogens is 695 g/mol. The van der Waals surface area contributed by atoms with Gasteiger partial charge in [0.05, 0.1) is 25.4 Å². The van der Waals surface area contributed by atoms with E-state index in [2.05, 4.69) is 31.3 Å². The molecule has 0 aromatic carbocycles. The molecule has 0 saturated carbocycles. The summed E-state index contributed by atoms with van der Waals surface area (Å²) in [7, 11) is 0. The number of rotatable bonds is 46. The van der Waals surface area contributed by atoms with Crippen LogP contribution in [0.15, 0.2) is 12.2 Å². The number of carbonyl (C=O) groups excluding carboxylic acids is 2. The van der Waals surface area contributed by atoms with Crippen LogP contribution in [0.25, 0.3) is 0 Å². The molecule has 2 atom stereocenters. The van der Waals surface area contributed by atoms with E-state index in [1.54, 1.807) is 0 Å². The van der Waals surface area contributed by atoms with Crippen molar-refractivity contribution in [2.45, 2.75) is 283 Å². The van der Waals surface area contributed by atoms with Crippen molar-refractivity contribution in [3.05, 3.63) is 12.2 Å².